The maximum atomic E-state index is 8.73. The van der Waals surface area contributed by atoms with Gasteiger partial charge in [-0.3, -0.25) is 0 Å². The van der Waals surface area contributed by atoms with E-state index in [0.717, 1.165) is 0 Å². The topological polar surface area (TPSA) is 68.4 Å². The van der Waals surface area contributed by atoms with Gasteiger partial charge in [-0.25, -0.2) is 0 Å². The Kier molecular flexibility index (Phi) is 5.01. The fraction of sp³-hybridized carbons (Fsp3) is 0.333. The molecule has 0 spiro atoms. The predicted molar refractivity (Wildman–Crippen MR) is 70.7 cm³/mol. The highest BCUT2D eigenvalue weighted by Gasteiger charge is 2.09. The summed E-state index contributed by atoms with van der Waals surface area (Å²) >= 11 is 11.9. The van der Waals surface area contributed by atoms with Crippen LogP contribution in [0.4, 0.5) is 0 Å². The Morgan fingerprint density at radius 2 is 1.74 bits per heavy atom. The number of rotatable bonds is 6. The fourth-order valence-electron chi connectivity index (χ4n) is 1.45. The minimum atomic E-state index is -0.0205. The van der Waals surface area contributed by atoms with Gasteiger partial charge in [0.1, 0.15) is 0 Å². The molecule has 0 aliphatic heterocycles. The SMILES string of the molecule is OCCc1nnc(CCOc2c(Cl)cccc2Cl)o1. The molecular formula is C12H12Cl2N2O3. The molecule has 0 atom stereocenters. The van der Waals surface area contributed by atoms with E-state index in [0.29, 0.717) is 47.0 Å². The van der Waals surface area contributed by atoms with Gasteiger partial charge in [-0.15, -0.1) is 10.2 Å². The number of hydrogen-bond acceptors (Lipinski definition) is 5. The number of aromatic nitrogens is 2. The second kappa shape index (κ2) is 6.75. The molecule has 0 bridgehead atoms. The fourth-order valence-corrected chi connectivity index (χ4v) is 1.95. The van der Waals surface area contributed by atoms with E-state index in [1.165, 1.54) is 0 Å². The minimum absolute atomic E-state index is 0.0205. The molecule has 1 aromatic carbocycles. The molecule has 1 aromatic heterocycles. The number of benzene rings is 1. The van der Waals surface area contributed by atoms with Gasteiger partial charge in [-0.2, -0.15) is 0 Å². The van der Waals surface area contributed by atoms with E-state index >= 15 is 0 Å². The Morgan fingerprint density at radius 1 is 1.11 bits per heavy atom. The minimum Gasteiger partial charge on any atom is -0.490 e. The van der Waals surface area contributed by atoms with Gasteiger partial charge in [0.05, 0.1) is 29.7 Å². The van der Waals surface area contributed by atoms with Crippen LogP contribution in [0.25, 0.3) is 0 Å². The normalized spacial score (nSPS) is 10.7. The molecule has 0 aliphatic rings. The summed E-state index contributed by atoms with van der Waals surface area (Å²) in [7, 11) is 0. The molecule has 0 aliphatic carbocycles. The van der Waals surface area contributed by atoms with Gasteiger partial charge in [0, 0.05) is 6.42 Å². The van der Waals surface area contributed by atoms with Crippen LogP contribution in [0.3, 0.4) is 0 Å². The molecule has 0 radical (unpaired) electrons. The first-order valence-electron chi connectivity index (χ1n) is 5.69. The lowest BCUT2D eigenvalue weighted by Crippen LogP contribution is -2.02. The summed E-state index contributed by atoms with van der Waals surface area (Å²) in [5, 5.41) is 17.3. The van der Waals surface area contributed by atoms with Crippen molar-refractivity contribution < 1.29 is 14.3 Å². The van der Waals surface area contributed by atoms with Gasteiger partial charge in [0.25, 0.3) is 0 Å². The zero-order valence-corrected chi connectivity index (χ0v) is 11.5. The summed E-state index contributed by atoms with van der Waals surface area (Å²) in [6.45, 7) is 0.303. The van der Waals surface area contributed by atoms with E-state index in [-0.39, 0.29) is 6.61 Å². The van der Waals surface area contributed by atoms with Gasteiger partial charge in [0.15, 0.2) is 5.75 Å². The third-order valence-electron chi connectivity index (χ3n) is 2.32. The van der Waals surface area contributed by atoms with Crippen LogP contribution in [0.1, 0.15) is 11.8 Å². The van der Waals surface area contributed by atoms with Crippen LogP contribution >= 0.6 is 23.2 Å². The highest BCUT2D eigenvalue weighted by Crippen LogP contribution is 2.32. The van der Waals surface area contributed by atoms with Gasteiger partial charge in [0.2, 0.25) is 11.8 Å². The Morgan fingerprint density at radius 3 is 2.37 bits per heavy atom. The number of hydrogen-bond donors (Lipinski definition) is 1. The van der Waals surface area contributed by atoms with Crippen LogP contribution in [0, 0.1) is 0 Å². The molecule has 0 amide bonds. The Balaban J connectivity index is 1.89. The molecule has 0 unspecified atom stereocenters. The monoisotopic (exact) mass is 302 g/mol. The second-order valence-electron chi connectivity index (χ2n) is 3.71. The van der Waals surface area contributed by atoms with E-state index in [1.54, 1.807) is 18.2 Å². The van der Waals surface area contributed by atoms with Crippen LogP contribution < -0.4 is 4.74 Å². The molecule has 0 saturated heterocycles. The van der Waals surface area contributed by atoms with Crippen LogP contribution in [0.2, 0.25) is 10.0 Å². The molecule has 5 nitrogen and oxygen atoms in total. The van der Waals surface area contributed by atoms with Gasteiger partial charge in [-0.1, -0.05) is 29.3 Å². The van der Waals surface area contributed by atoms with E-state index < -0.39 is 0 Å². The molecule has 0 saturated carbocycles. The van der Waals surface area contributed by atoms with Gasteiger partial charge >= 0.3 is 0 Å². The molecule has 102 valence electrons. The van der Waals surface area contributed by atoms with E-state index in [1.807, 2.05) is 0 Å². The highest BCUT2D eigenvalue weighted by molar-refractivity contribution is 6.37. The average Bonchev–Trinajstić information content (AvgIpc) is 2.81. The van der Waals surface area contributed by atoms with Gasteiger partial charge < -0.3 is 14.3 Å². The molecule has 2 aromatic rings. The maximum absolute atomic E-state index is 8.73. The lowest BCUT2D eigenvalue weighted by molar-refractivity contribution is 0.278. The van der Waals surface area contributed by atoms with Crippen molar-refractivity contribution in [3.05, 3.63) is 40.0 Å². The van der Waals surface area contributed by atoms with Crippen LogP contribution in [0.15, 0.2) is 22.6 Å². The number of para-hydroxylation sites is 1. The molecule has 19 heavy (non-hydrogen) atoms. The number of nitrogens with zero attached hydrogens (tertiary/aromatic N) is 2. The van der Waals surface area contributed by atoms with Crippen molar-refractivity contribution in [2.75, 3.05) is 13.2 Å². The van der Waals surface area contributed by atoms with Crippen molar-refractivity contribution in [3.63, 3.8) is 0 Å². The number of ether oxygens (including phenoxy) is 1. The lowest BCUT2D eigenvalue weighted by Gasteiger charge is -2.08. The quantitative estimate of drug-likeness (QED) is 0.888. The van der Waals surface area contributed by atoms with Gasteiger partial charge in [-0.05, 0) is 12.1 Å². The molecule has 0 fully saturated rings. The summed E-state index contributed by atoms with van der Waals surface area (Å²) in [4.78, 5) is 0. The number of aliphatic hydroxyl groups excluding tert-OH is 1. The smallest absolute Gasteiger partial charge is 0.219 e. The summed E-state index contributed by atoms with van der Waals surface area (Å²) in [6, 6.07) is 5.15. The standard InChI is InChI=1S/C12H12Cl2N2O3/c13-8-2-1-3-9(14)12(8)18-7-5-11-16-15-10(19-11)4-6-17/h1-3,17H,4-7H2. The summed E-state index contributed by atoms with van der Waals surface area (Å²) < 4.78 is 10.8. The number of halogens is 2. The van der Waals surface area contributed by atoms with Crippen LogP contribution in [-0.2, 0) is 12.8 Å². The summed E-state index contributed by atoms with van der Waals surface area (Å²) in [5.74, 6) is 1.31. The van der Waals surface area contributed by atoms with Crippen molar-refractivity contribution in [2.45, 2.75) is 12.8 Å². The first-order chi connectivity index (χ1) is 9.20. The molecule has 7 heteroatoms. The molecule has 2 rings (SSSR count). The van der Waals surface area contributed by atoms with E-state index in [2.05, 4.69) is 10.2 Å². The summed E-state index contributed by atoms with van der Waals surface area (Å²) in [5.41, 5.74) is 0. The Labute approximate surface area is 120 Å². The Hall–Kier alpha value is -1.30. The van der Waals surface area contributed by atoms with E-state index in [9.17, 15) is 0 Å². The maximum Gasteiger partial charge on any atom is 0.219 e. The first kappa shape index (κ1) is 14.1. The Bertz CT molecular complexity index is 525. The predicted octanol–water partition coefficient (Wildman–Crippen LogP) is 2.53. The van der Waals surface area contributed by atoms with Crippen molar-refractivity contribution >= 4 is 23.2 Å². The van der Waals surface area contributed by atoms with Crippen molar-refractivity contribution in [3.8, 4) is 5.75 Å². The van der Waals surface area contributed by atoms with Crippen LogP contribution in [-0.4, -0.2) is 28.5 Å². The zero-order chi connectivity index (χ0) is 13.7. The third kappa shape index (κ3) is 3.83. The average molecular weight is 303 g/mol. The molecular weight excluding hydrogens is 291 g/mol. The summed E-state index contributed by atoms with van der Waals surface area (Å²) in [6.07, 6.45) is 0.796. The third-order valence-corrected chi connectivity index (χ3v) is 2.91. The second-order valence-corrected chi connectivity index (χ2v) is 4.53. The van der Waals surface area contributed by atoms with Crippen LogP contribution in [0.5, 0.6) is 5.75 Å². The first-order valence-corrected chi connectivity index (χ1v) is 6.45. The van der Waals surface area contributed by atoms with Crippen molar-refractivity contribution in [2.24, 2.45) is 0 Å². The highest BCUT2D eigenvalue weighted by atomic mass is 35.5. The van der Waals surface area contributed by atoms with Crippen molar-refractivity contribution in [1.82, 2.24) is 10.2 Å². The van der Waals surface area contributed by atoms with E-state index in [4.69, 9.17) is 37.5 Å². The lowest BCUT2D eigenvalue weighted by atomic mass is 10.3. The van der Waals surface area contributed by atoms with Crippen molar-refractivity contribution in [1.29, 1.82) is 0 Å². The molecule has 1 N–H and O–H groups in total. The number of aliphatic hydroxyl groups is 1. The zero-order valence-electron chi connectivity index (χ0n) is 9.97. The largest absolute Gasteiger partial charge is 0.490 e. The molecule has 1 heterocycles.